The Balaban J connectivity index is 1.97. The molecule has 3 rings (SSSR count). The number of rotatable bonds is 1. The topological polar surface area (TPSA) is 58.9 Å². The molecule has 19 heavy (non-hydrogen) atoms. The maximum Gasteiger partial charge on any atom is 0.251 e. The first-order chi connectivity index (χ1) is 9.13. The van der Waals surface area contributed by atoms with Gasteiger partial charge < -0.3 is 10.7 Å². The number of aromatic nitrogens is 1. The van der Waals surface area contributed by atoms with E-state index in [0.29, 0.717) is 12.0 Å². The highest BCUT2D eigenvalue weighted by Gasteiger charge is 2.20. The van der Waals surface area contributed by atoms with E-state index >= 15 is 0 Å². The minimum atomic E-state index is 0.00360. The Labute approximate surface area is 112 Å². The quantitative estimate of drug-likeness (QED) is 0.824. The van der Waals surface area contributed by atoms with Gasteiger partial charge in [0.25, 0.3) is 5.56 Å². The van der Waals surface area contributed by atoms with Crippen LogP contribution in [0.2, 0.25) is 0 Å². The van der Waals surface area contributed by atoms with Crippen molar-refractivity contribution in [1.82, 2.24) is 4.98 Å². The Kier molecular flexibility index (Phi) is 3.15. The number of H-pyrrole nitrogens is 1. The van der Waals surface area contributed by atoms with E-state index in [2.05, 4.69) is 17.1 Å². The summed E-state index contributed by atoms with van der Waals surface area (Å²) < 4.78 is 0. The van der Waals surface area contributed by atoms with Crippen molar-refractivity contribution in [2.45, 2.75) is 44.6 Å². The molecule has 2 aromatic rings. The third-order valence-corrected chi connectivity index (χ3v) is 4.30. The fourth-order valence-electron chi connectivity index (χ4n) is 3.04. The number of fused-ring (bicyclic) bond motifs is 1. The Hall–Kier alpha value is -1.61. The molecule has 0 saturated heterocycles. The van der Waals surface area contributed by atoms with Crippen molar-refractivity contribution in [3.05, 3.63) is 45.7 Å². The third-order valence-electron chi connectivity index (χ3n) is 4.30. The largest absolute Gasteiger partial charge is 0.328 e. The van der Waals surface area contributed by atoms with Crippen LogP contribution in [0, 0.1) is 6.92 Å². The van der Waals surface area contributed by atoms with Gasteiger partial charge in [-0.15, -0.1) is 0 Å². The summed E-state index contributed by atoms with van der Waals surface area (Å²) in [4.78, 5) is 14.5. The number of pyridine rings is 1. The van der Waals surface area contributed by atoms with Crippen LogP contribution in [0.25, 0.3) is 10.9 Å². The molecule has 100 valence electrons. The van der Waals surface area contributed by atoms with E-state index in [1.807, 2.05) is 19.1 Å². The second-order valence-electron chi connectivity index (χ2n) is 5.74. The number of hydrogen-bond donors (Lipinski definition) is 2. The number of nitrogens with one attached hydrogen (secondary N) is 1. The molecule has 0 atom stereocenters. The zero-order chi connectivity index (χ0) is 13.4. The molecule has 1 aromatic carbocycles. The summed E-state index contributed by atoms with van der Waals surface area (Å²) in [7, 11) is 0. The van der Waals surface area contributed by atoms with Crippen LogP contribution in [0.15, 0.2) is 29.1 Å². The van der Waals surface area contributed by atoms with Gasteiger partial charge in [-0.3, -0.25) is 4.79 Å². The Morgan fingerprint density at radius 3 is 2.63 bits per heavy atom. The van der Waals surface area contributed by atoms with Gasteiger partial charge in [-0.05, 0) is 67.7 Å². The molecule has 1 heterocycles. The molecule has 1 aliphatic rings. The van der Waals surface area contributed by atoms with Crippen molar-refractivity contribution in [2.24, 2.45) is 5.73 Å². The van der Waals surface area contributed by atoms with Gasteiger partial charge in [-0.1, -0.05) is 6.07 Å². The minimum Gasteiger partial charge on any atom is -0.328 e. The molecule has 3 nitrogen and oxygen atoms in total. The predicted molar refractivity (Wildman–Crippen MR) is 78.5 cm³/mol. The minimum absolute atomic E-state index is 0.00360. The van der Waals surface area contributed by atoms with Crippen LogP contribution in [0.5, 0.6) is 0 Å². The van der Waals surface area contributed by atoms with Crippen LogP contribution in [0.3, 0.4) is 0 Å². The molecule has 0 bridgehead atoms. The van der Waals surface area contributed by atoms with Crippen molar-refractivity contribution in [3.63, 3.8) is 0 Å². The molecule has 3 heteroatoms. The second-order valence-corrected chi connectivity index (χ2v) is 5.74. The SMILES string of the molecule is Cc1cc2cc(C3CCC(N)CC3)ccc2[nH]c1=O. The number of hydrogen-bond acceptors (Lipinski definition) is 2. The monoisotopic (exact) mass is 256 g/mol. The van der Waals surface area contributed by atoms with Crippen LogP contribution in [-0.4, -0.2) is 11.0 Å². The summed E-state index contributed by atoms with van der Waals surface area (Å²) in [6.07, 6.45) is 4.59. The molecule has 1 fully saturated rings. The molecular weight excluding hydrogens is 236 g/mol. The molecule has 0 spiro atoms. The van der Waals surface area contributed by atoms with Gasteiger partial charge in [0, 0.05) is 17.1 Å². The van der Waals surface area contributed by atoms with Crippen molar-refractivity contribution < 1.29 is 0 Å². The lowest BCUT2D eigenvalue weighted by molar-refractivity contribution is 0.396. The first-order valence-corrected chi connectivity index (χ1v) is 7.02. The maximum atomic E-state index is 11.6. The van der Waals surface area contributed by atoms with Crippen molar-refractivity contribution in [3.8, 4) is 0 Å². The van der Waals surface area contributed by atoms with E-state index in [9.17, 15) is 4.79 Å². The highest BCUT2D eigenvalue weighted by Crippen LogP contribution is 2.33. The fourth-order valence-corrected chi connectivity index (χ4v) is 3.04. The van der Waals surface area contributed by atoms with Crippen LogP contribution < -0.4 is 11.3 Å². The lowest BCUT2D eigenvalue weighted by atomic mass is 9.82. The van der Waals surface area contributed by atoms with Crippen LogP contribution in [-0.2, 0) is 0 Å². The van der Waals surface area contributed by atoms with Crippen LogP contribution in [0.1, 0.15) is 42.7 Å². The summed E-state index contributed by atoms with van der Waals surface area (Å²) in [5.74, 6) is 0.622. The second kappa shape index (κ2) is 4.82. The predicted octanol–water partition coefficient (Wildman–Crippen LogP) is 2.82. The van der Waals surface area contributed by atoms with E-state index in [0.717, 1.165) is 29.3 Å². The average molecular weight is 256 g/mol. The third kappa shape index (κ3) is 2.43. The molecule has 1 aromatic heterocycles. The summed E-state index contributed by atoms with van der Waals surface area (Å²) in [6, 6.07) is 8.76. The maximum absolute atomic E-state index is 11.6. The van der Waals surface area contributed by atoms with Gasteiger partial charge in [0.2, 0.25) is 0 Å². The molecule has 1 saturated carbocycles. The molecular formula is C16H20N2O. The summed E-state index contributed by atoms with van der Waals surface area (Å²) >= 11 is 0. The lowest BCUT2D eigenvalue weighted by Crippen LogP contribution is -2.25. The normalized spacial score (nSPS) is 23.7. The first-order valence-electron chi connectivity index (χ1n) is 7.02. The molecule has 0 aliphatic heterocycles. The smallest absolute Gasteiger partial charge is 0.251 e. The Morgan fingerprint density at radius 1 is 1.16 bits per heavy atom. The van der Waals surface area contributed by atoms with E-state index in [4.69, 9.17) is 5.73 Å². The van der Waals surface area contributed by atoms with Crippen molar-refractivity contribution >= 4 is 10.9 Å². The molecule has 0 amide bonds. The first kappa shape index (κ1) is 12.4. The zero-order valence-corrected chi connectivity index (χ0v) is 11.3. The molecule has 0 unspecified atom stereocenters. The summed E-state index contributed by atoms with van der Waals surface area (Å²) in [5, 5.41) is 1.13. The average Bonchev–Trinajstić information content (AvgIpc) is 2.40. The summed E-state index contributed by atoms with van der Waals surface area (Å²) in [6.45, 7) is 1.85. The van der Waals surface area contributed by atoms with E-state index in [1.54, 1.807) is 0 Å². The zero-order valence-electron chi connectivity index (χ0n) is 11.3. The van der Waals surface area contributed by atoms with E-state index < -0.39 is 0 Å². The number of benzene rings is 1. The Morgan fingerprint density at radius 2 is 1.89 bits per heavy atom. The highest BCUT2D eigenvalue weighted by atomic mass is 16.1. The summed E-state index contributed by atoms with van der Waals surface area (Å²) in [5.41, 5.74) is 9.04. The fraction of sp³-hybridized carbons (Fsp3) is 0.438. The number of aromatic amines is 1. The number of aryl methyl sites for hydroxylation is 1. The van der Waals surface area contributed by atoms with Gasteiger partial charge in [0.05, 0.1) is 0 Å². The van der Waals surface area contributed by atoms with Gasteiger partial charge >= 0.3 is 0 Å². The van der Waals surface area contributed by atoms with E-state index in [-0.39, 0.29) is 5.56 Å². The van der Waals surface area contributed by atoms with Gasteiger partial charge in [0.15, 0.2) is 0 Å². The van der Waals surface area contributed by atoms with Gasteiger partial charge in [-0.25, -0.2) is 0 Å². The molecule has 0 radical (unpaired) electrons. The van der Waals surface area contributed by atoms with Gasteiger partial charge in [-0.2, -0.15) is 0 Å². The molecule has 1 aliphatic carbocycles. The molecule has 3 N–H and O–H groups in total. The number of nitrogens with two attached hydrogens (primary N) is 1. The standard InChI is InChI=1S/C16H20N2O/c1-10-8-13-9-12(4-7-15(13)18-16(10)19)11-2-5-14(17)6-3-11/h4,7-9,11,14H,2-3,5-6,17H2,1H3,(H,18,19). The van der Waals surface area contributed by atoms with Crippen LogP contribution >= 0.6 is 0 Å². The van der Waals surface area contributed by atoms with Crippen molar-refractivity contribution in [1.29, 1.82) is 0 Å². The van der Waals surface area contributed by atoms with Gasteiger partial charge in [0.1, 0.15) is 0 Å². The van der Waals surface area contributed by atoms with Crippen LogP contribution in [0.4, 0.5) is 0 Å². The highest BCUT2D eigenvalue weighted by molar-refractivity contribution is 5.79. The Bertz CT molecular complexity index is 651. The lowest BCUT2D eigenvalue weighted by Gasteiger charge is -2.26. The van der Waals surface area contributed by atoms with E-state index in [1.165, 1.54) is 18.4 Å². The van der Waals surface area contributed by atoms with Crippen molar-refractivity contribution in [2.75, 3.05) is 0 Å².